The van der Waals surface area contributed by atoms with E-state index in [2.05, 4.69) is 4.74 Å². The van der Waals surface area contributed by atoms with E-state index in [1.165, 1.54) is 12.1 Å². The van der Waals surface area contributed by atoms with Crippen molar-refractivity contribution in [2.75, 3.05) is 6.61 Å². The average molecular weight is 682 g/mol. The van der Waals surface area contributed by atoms with Crippen molar-refractivity contribution in [2.45, 2.75) is 80.5 Å². The molecule has 0 spiro atoms. The summed E-state index contributed by atoms with van der Waals surface area (Å²) in [5, 5.41) is 0. The number of hydrogen-bond donors (Lipinski definition) is 0. The maximum atomic E-state index is 14.0. The molecule has 0 aliphatic heterocycles. The van der Waals surface area contributed by atoms with Gasteiger partial charge in [0.05, 0.1) is 5.56 Å². The van der Waals surface area contributed by atoms with Crippen molar-refractivity contribution in [3.05, 3.63) is 59.7 Å². The SMILES string of the molecule is CCCCCc1ccc(-c2ccc(C(=O)OCC(F)(F)C(F)(F)C(F)(F)C(F)(F)C(F)(F)C(F)(F)C(F)(F)C(F)F)cc2)cc1. The minimum atomic E-state index is -8.51. The van der Waals surface area contributed by atoms with Crippen LogP contribution in [-0.4, -0.2) is 60.5 Å². The number of halogens is 16. The van der Waals surface area contributed by atoms with Gasteiger partial charge < -0.3 is 4.74 Å². The molecule has 2 rings (SSSR count). The Morgan fingerprint density at radius 2 is 1.04 bits per heavy atom. The highest BCUT2D eigenvalue weighted by atomic mass is 19.4. The normalized spacial score (nSPS) is 14.2. The van der Waals surface area contributed by atoms with Crippen LogP contribution >= 0.6 is 0 Å². The quantitative estimate of drug-likeness (QED) is 0.106. The Kier molecular flexibility index (Phi) is 10.9. The lowest BCUT2D eigenvalue weighted by Crippen LogP contribution is -2.74. The summed E-state index contributed by atoms with van der Waals surface area (Å²) in [7, 11) is 0. The Morgan fingerprint density at radius 3 is 1.49 bits per heavy atom. The summed E-state index contributed by atoms with van der Waals surface area (Å²) in [4.78, 5) is 12.0. The number of rotatable bonds is 15. The number of hydrogen-bond acceptors (Lipinski definition) is 2. The van der Waals surface area contributed by atoms with Crippen molar-refractivity contribution < 1.29 is 79.8 Å². The molecule has 0 fully saturated rings. The number of carbonyl (C=O) groups is 1. The first-order chi connectivity index (χ1) is 20.3. The van der Waals surface area contributed by atoms with E-state index in [1.54, 1.807) is 24.3 Å². The van der Waals surface area contributed by atoms with Crippen molar-refractivity contribution in [1.82, 2.24) is 0 Å². The Morgan fingerprint density at radius 1 is 0.622 bits per heavy atom. The van der Waals surface area contributed by atoms with Crippen LogP contribution in [0.1, 0.15) is 42.1 Å². The van der Waals surface area contributed by atoms with Crippen molar-refractivity contribution in [2.24, 2.45) is 0 Å². The molecule has 2 aromatic carbocycles. The topological polar surface area (TPSA) is 26.3 Å². The monoisotopic (exact) mass is 682 g/mol. The van der Waals surface area contributed by atoms with Gasteiger partial charge in [-0.2, -0.15) is 61.5 Å². The van der Waals surface area contributed by atoms with Crippen LogP contribution in [0.15, 0.2) is 48.5 Å². The Balaban J connectivity index is 2.23. The van der Waals surface area contributed by atoms with E-state index < -0.39 is 66.0 Å². The second-order valence-electron chi connectivity index (χ2n) is 9.81. The molecule has 0 aromatic heterocycles. The minimum absolute atomic E-state index is 0.431. The molecule has 2 aromatic rings. The smallest absolute Gasteiger partial charge is 0.385 e. The molecule has 0 aliphatic carbocycles. The van der Waals surface area contributed by atoms with Gasteiger partial charge in [-0.15, -0.1) is 0 Å². The molecule has 0 aliphatic rings. The summed E-state index contributed by atoms with van der Waals surface area (Å²) in [6.45, 7) is -1.21. The fourth-order valence-electron chi connectivity index (χ4n) is 3.74. The zero-order chi connectivity index (χ0) is 34.9. The van der Waals surface area contributed by atoms with E-state index in [0.717, 1.165) is 43.4 Å². The van der Waals surface area contributed by atoms with E-state index in [-0.39, 0.29) is 0 Å². The Bertz CT molecular complexity index is 1290. The number of benzene rings is 2. The summed E-state index contributed by atoms with van der Waals surface area (Å²) < 4.78 is 219. The Labute approximate surface area is 244 Å². The largest absolute Gasteiger partial charge is 0.455 e. The molecule has 18 heteroatoms. The molecular formula is C27H22F16O2. The van der Waals surface area contributed by atoms with E-state index in [0.29, 0.717) is 11.1 Å². The van der Waals surface area contributed by atoms with E-state index in [4.69, 9.17) is 0 Å². The number of unbranched alkanes of at least 4 members (excludes halogenated alkanes) is 2. The molecule has 0 unspecified atom stereocenters. The van der Waals surface area contributed by atoms with E-state index in [9.17, 15) is 75.0 Å². The van der Waals surface area contributed by atoms with Crippen LogP contribution in [-0.2, 0) is 11.2 Å². The molecule has 254 valence electrons. The summed E-state index contributed by atoms with van der Waals surface area (Å²) in [5.74, 6) is -57.5. The first-order valence-electron chi connectivity index (χ1n) is 12.6. The average Bonchev–Trinajstić information content (AvgIpc) is 2.95. The van der Waals surface area contributed by atoms with Gasteiger partial charge in [0.2, 0.25) is 0 Å². The van der Waals surface area contributed by atoms with Crippen LogP contribution < -0.4 is 0 Å². The van der Waals surface area contributed by atoms with Crippen molar-refractivity contribution in [1.29, 1.82) is 0 Å². The highest BCUT2D eigenvalue weighted by molar-refractivity contribution is 5.90. The molecule has 2 nitrogen and oxygen atoms in total. The fourth-order valence-corrected chi connectivity index (χ4v) is 3.74. The van der Waals surface area contributed by atoms with Crippen LogP contribution in [0.3, 0.4) is 0 Å². The number of esters is 1. The maximum absolute atomic E-state index is 14.0. The molecule has 0 saturated heterocycles. The van der Waals surface area contributed by atoms with Crippen molar-refractivity contribution >= 4 is 5.97 Å². The lowest BCUT2D eigenvalue weighted by Gasteiger charge is -2.42. The van der Waals surface area contributed by atoms with Crippen molar-refractivity contribution in [3.8, 4) is 11.1 Å². The Hall–Kier alpha value is -3.21. The van der Waals surface area contributed by atoms with Gasteiger partial charge in [-0.3, -0.25) is 0 Å². The van der Waals surface area contributed by atoms with Gasteiger partial charge in [0.15, 0.2) is 6.61 Å². The molecule has 0 heterocycles. The van der Waals surface area contributed by atoms with Crippen LogP contribution in [0.25, 0.3) is 11.1 Å². The van der Waals surface area contributed by atoms with Crippen LogP contribution in [0.4, 0.5) is 70.2 Å². The minimum Gasteiger partial charge on any atom is -0.455 e. The van der Waals surface area contributed by atoms with Gasteiger partial charge in [-0.25, -0.2) is 13.6 Å². The van der Waals surface area contributed by atoms with Gasteiger partial charge in [0.25, 0.3) is 0 Å². The third-order valence-electron chi connectivity index (χ3n) is 6.59. The second kappa shape index (κ2) is 12.9. The molecule has 0 atom stereocenters. The van der Waals surface area contributed by atoms with Gasteiger partial charge in [0.1, 0.15) is 0 Å². The third kappa shape index (κ3) is 6.69. The molecule has 0 bridgehead atoms. The van der Waals surface area contributed by atoms with E-state index >= 15 is 0 Å². The van der Waals surface area contributed by atoms with Crippen molar-refractivity contribution in [3.63, 3.8) is 0 Å². The number of ether oxygens (including phenoxy) is 1. The van der Waals surface area contributed by atoms with Gasteiger partial charge in [0, 0.05) is 0 Å². The predicted molar refractivity (Wildman–Crippen MR) is 126 cm³/mol. The molecule has 45 heavy (non-hydrogen) atoms. The molecule has 0 saturated carbocycles. The summed E-state index contributed by atoms with van der Waals surface area (Å²) in [5.41, 5.74) is 1.35. The van der Waals surface area contributed by atoms with Crippen LogP contribution in [0.2, 0.25) is 0 Å². The summed E-state index contributed by atoms with van der Waals surface area (Å²) in [6, 6.07) is 11.2. The van der Waals surface area contributed by atoms with Crippen LogP contribution in [0, 0.1) is 0 Å². The van der Waals surface area contributed by atoms with Gasteiger partial charge in [-0.1, -0.05) is 56.2 Å². The number of aryl methyl sites for hydroxylation is 1. The van der Waals surface area contributed by atoms with Gasteiger partial charge in [-0.05, 0) is 41.7 Å². The van der Waals surface area contributed by atoms with Crippen LogP contribution in [0.5, 0.6) is 0 Å². The summed E-state index contributed by atoms with van der Waals surface area (Å²) in [6.07, 6.45) is -2.15. The standard InChI is InChI=1S/C27H22F16O2/c1-2-3-4-5-15-6-8-16(9-7-15)17-10-12-18(13-11-17)19(44)45-14-21(30,31)23(34,35)25(38,39)27(42,43)26(40,41)24(36,37)22(32,33)20(28)29/h6-13,20H,2-5,14H2,1H3. The first-order valence-corrected chi connectivity index (χ1v) is 12.6. The lowest BCUT2D eigenvalue weighted by molar-refractivity contribution is -0.447. The highest BCUT2D eigenvalue weighted by Crippen LogP contribution is 2.62. The predicted octanol–water partition coefficient (Wildman–Crippen LogP) is 9.96. The lowest BCUT2D eigenvalue weighted by atomic mass is 9.89. The molecule has 0 radical (unpaired) electrons. The fraction of sp³-hybridized carbons (Fsp3) is 0.519. The number of alkyl halides is 16. The third-order valence-corrected chi connectivity index (χ3v) is 6.59. The zero-order valence-corrected chi connectivity index (χ0v) is 22.6. The second-order valence-corrected chi connectivity index (χ2v) is 9.81. The maximum Gasteiger partial charge on any atom is 0.385 e. The molecule has 0 amide bonds. The summed E-state index contributed by atoms with van der Waals surface area (Å²) >= 11 is 0. The highest BCUT2D eigenvalue weighted by Gasteiger charge is 2.93. The molecular weight excluding hydrogens is 660 g/mol. The van der Waals surface area contributed by atoms with E-state index in [1.807, 2.05) is 6.92 Å². The first kappa shape index (κ1) is 38.0. The molecule has 0 N–H and O–H groups in total. The zero-order valence-electron chi connectivity index (χ0n) is 22.6. The van der Waals surface area contributed by atoms with Gasteiger partial charge >= 0.3 is 53.9 Å². The number of carbonyl (C=O) groups excluding carboxylic acids is 1.